The fourth-order valence-corrected chi connectivity index (χ4v) is 3.43. The molecule has 128 valence electrons. The lowest BCUT2D eigenvalue weighted by atomic mass is 9.86. The number of rotatable bonds is 6. The molecule has 0 aliphatic heterocycles. The van der Waals surface area contributed by atoms with Gasteiger partial charge in [-0.3, -0.25) is 5.10 Å². The summed E-state index contributed by atoms with van der Waals surface area (Å²) in [6.45, 7) is 0. The second-order valence-electron chi connectivity index (χ2n) is 6.32. The van der Waals surface area contributed by atoms with Crippen molar-refractivity contribution in [1.82, 2.24) is 14.9 Å². The zero-order valence-corrected chi connectivity index (χ0v) is 14.9. The monoisotopic (exact) mass is 344 g/mol. The van der Waals surface area contributed by atoms with Gasteiger partial charge >= 0.3 is 0 Å². The van der Waals surface area contributed by atoms with Crippen molar-refractivity contribution in [2.75, 3.05) is 7.11 Å². The molecule has 1 aromatic carbocycles. The van der Waals surface area contributed by atoms with Gasteiger partial charge in [0.15, 0.2) is 5.82 Å². The molecule has 1 aliphatic carbocycles. The van der Waals surface area contributed by atoms with E-state index >= 15 is 0 Å². The number of hydrogen-bond acceptors (Lipinski definition) is 4. The first-order valence-electron chi connectivity index (χ1n) is 8.61. The van der Waals surface area contributed by atoms with Crippen LogP contribution in [0, 0.1) is 10.7 Å². The topological polar surface area (TPSA) is 55.2 Å². The molecule has 0 unspecified atom stereocenters. The van der Waals surface area contributed by atoms with E-state index in [1.807, 2.05) is 24.3 Å². The van der Waals surface area contributed by atoms with Gasteiger partial charge in [0, 0.05) is 6.42 Å². The molecule has 0 amide bonds. The average molecular weight is 344 g/mol. The van der Waals surface area contributed by atoms with E-state index < -0.39 is 0 Å². The Hall–Kier alpha value is -1.95. The van der Waals surface area contributed by atoms with Crippen LogP contribution in [-0.2, 0) is 6.42 Å². The number of methoxy groups -OCH3 is 1. The number of aromatic nitrogens is 3. The Morgan fingerprint density at radius 1 is 1.29 bits per heavy atom. The standard InChI is InChI=1S/C18H24N4OS/c1-23-16-10-7-15(8-11-16)13-19-22-17(20-21-18(22)24)12-9-14-5-3-2-4-6-14/h7-8,10-11,13-14H,2-6,9,12H2,1H3,(H,21,24)/b19-13-. The number of hydrogen-bond donors (Lipinski definition) is 1. The number of ether oxygens (including phenoxy) is 1. The van der Waals surface area contributed by atoms with Gasteiger partial charge in [0.05, 0.1) is 13.3 Å². The summed E-state index contributed by atoms with van der Waals surface area (Å²) >= 11 is 5.31. The predicted octanol–water partition coefficient (Wildman–Crippen LogP) is 4.34. The fourth-order valence-electron chi connectivity index (χ4n) is 3.23. The van der Waals surface area contributed by atoms with Gasteiger partial charge in [-0.15, -0.1) is 0 Å². The minimum Gasteiger partial charge on any atom is -0.497 e. The summed E-state index contributed by atoms with van der Waals surface area (Å²) in [6, 6.07) is 7.77. The molecule has 1 aromatic heterocycles. The molecule has 0 saturated heterocycles. The lowest BCUT2D eigenvalue weighted by molar-refractivity contribution is 0.336. The third-order valence-electron chi connectivity index (χ3n) is 4.66. The van der Waals surface area contributed by atoms with E-state index in [4.69, 9.17) is 17.0 Å². The van der Waals surface area contributed by atoms with Crippen LogP contribution in [0.5, 0.6) is 5.75 Å². The van der Waals surface area contributed by atoms with Gasteiger partial charge in [0.2, 0.25) is 4.77 Å². The average Bonchev–Trinajstić information content (AvgIpc) is 2.99. The molecule has 0 spiro atoms. The number of H-pyrrole nitrogens is 1. The summed E-state index contributed by atoms with van der Waals surface area (Å²) in [6.07, 6.45) is 10.7. The second kappa shape index (κ2) is 8.24. The van der Waals surface area contributed by atoms with Gasteiger partial charge in [0.25, 0.3) is 0 Å². The molecule has 6 heteroatoms. The molecular weight excluding hydrogens is 320 g/mol. The van der Waals surface area contributed by atoms with Crippen LogP contribution in [0.25, 0.3) is 0 Å². The van der Waals surface area contributed by atoms with Crippen LogP contribution < -0.4 is 4.74 Å². The number of benzene rings is 1. The maximum absolute atomic E-state index is 5.31. The van der Waals surface area contributed by atoms with Crippen LogP contribution in [0.3, 0.4) is 0 Å². The van der Waals surface area contributed by atoms with E-state index in [-0.39, 0.29) is 0 Å². The zero-order valence-electron chi connectivity index (χ0n) is 14.1. The Bertz CT molecular complexity index is 726. The molecule has 3 rings (SSSR count). The lowest BCUT2D eigenvalue weighted by Crippen LogP contribution is -2.09. The van der Waals surface area contributed by atoms with Crippen LogP contribution in [0.2, 0.25) is 0 Å². The largest absolute Gasteiger partial charge is 0.497 e. The van der Waals surface area contributed by atoms with E-state index in [1.165, 1.54) is 32.1 Å². The first-order valence-corrected chi connectivity index (χ1v) is 9.02. The van der Waals surface area contributed by atoms with Gasteiger partial charge in [-0.1, -0.05) is 32.1 Å². The lowest BCUT2D eigenvalue weighted by Gasteiger charge is -2.20. The summed E-state index contributed by atoms with van der Waals surface area (Å²) in [7, 11) is 1.66. The van der Waals surface area contributed by atoms with Gasteiger partial charge < -0.3 is 4.74 Å². The van der Waals surface area contributed by atoms with Gasteiger partial charge in [-0.2, -0.15) is 14.9 Å². The summed E-state index contributed by atoms with van der Waals surface area (Å²) in [5, 5.41) is 11.7. The molecular formula is C18H24N4OS. The number of nitrogens with one attached hydrogen (secondary N) is 1. The van der Waals surface area contributed by atoms with Crippen LogP contribution in [-0.4, -0.2) is 28.2 Å². The quantitative estimate of drug-likeness (QED) is 0.626. The molecule has 2 aromatic rings. The molecule has 1 aliphatic rings. The van der Waals surface area contributed by atoms with Gasteiger partial charge in [-0.25, -0.2) is 0 Å². The predicted molar refractivity (Wildman–Crippen MR) is 98.3 cm³/mol. The van der Waals surface area contributed by atoms with Crippen molar-refractivity contribution in [2.45, 2.75) is 44.9 Å². The Kier molecular flexibility index (Phi) is 5.80. The highest BCUT2D eigenvalue weighted by Gasteiger charge is 2.15. The van der Waals surface area contributed by atoms with E-state index in [9.17, 15) is 0 Å². The van der Waals surface area contributed by atoms with Crippen LogP contribution in [0.4, 0.5) is 0 Å². The van der Waals surface area contributed by atoms with Crippen molar-refractivity contribution in [3.63, 3.8) is 0 Å². The zero-order chi connectivity index (χ0) is 16.8. The van der Waals surface area contributed by atoms with E-state index in [0.717, 1.165) is 35.9 Å². The SMILES string of the molecule is COc1ccc(/C=N\n2c(CCC3CCCCC3)n[nH]c2=S)cc1. The molecule has 1 N–H and O–H groups in total. The number of aromatic amines is 1. The highest BCUT2D eigenvalue weighted by molar-refractivity contribution is 7.71. The second-order valence-corrected chi connectivity index (χ2v) is 6.70. The first-order chi connectivity index (χ1) is 11.8. The summed E-state index contributed by atoms with van der Waals surface area (Å²) in [5.41, 5.74) is 0.997. The Morgan fingerprint density at radius 3 is 2.75 bits per heavy atom. The highest BCUT2D eigenvalue weighted by atomic mass is 32.1. The Morgan fingerprint density at radius 2 is 2.04 bits per heavy atom. The summed E-state index contributed by atoms with van der Waals surface area (Å²) < 4.78 is 7.44. The molecule has 0 radical (unpaired) electrons. The summed E-state index contributed by atoms with van der Waals surface area (Å²) in [5.74, 6) is 2.57. The van der Waals surface area contributed by atoms with E-state index in [1.54, 1.807) is 18.0 Å². The molecule has 1 saturated carbocycles. The van der Waals surface area contributed by atoms with Crippen molar-refractivity contribution in [3.05, 3.63) is 40.4 Å². The smallest absolute Gasteiger partial charge is 0.216 e. The maximum Gasteiger partial charge on any atom is 0.216 e. The van der Waals surface area contributed by atoms with E-state index in [0.29, 0.717) is 4.77 Å². The van der Waals surface area contributed by atoms with Crippen LogP contribution in [0.1, 0.15) is 49.9 Å². The van der Waals surface area contributed by atoms with Crippen LogP contribution in [0.15, 0.2) is 29.4 Å². The van der Waals surface area contributed by atoms with Crippen molar-refractivity contribution >= 4 is 18.4 Å². The van der Waals surface area contributed by atoms with Crippen molar-refractivity contribution in [1.29, 1.82) is 0 Å². The molecule has 5 nitrogen and oxygen atoms in total. The molecule has 0 bridgehead atoms. The van der Waals surface area contributed by atoms with Gasteiger partial charge in [0.1, 0.15) is 5.75 Å². The highest BCUT2D eigenvalue weighted by Crippen LogP contribution is 2.27. The normalized spacial score (nSPS) is 15.9. The van der Waals surface area contributed by atoms with Crippen LogP contribution >= 0.6 is 12.2 Å². The fraction of sp³-hybridized carbons (Fsp3) is 0.500. The van der Waals surface area contributed by atoms with Crippen molar-refractivity contribution < 1.29 is 4.74 Å². The van der Waals surface area contributed by atoms with E-state index in [2.05, 4.69) is 15.3 Å². The minimum absolute atomic E-state index is 0.540. The first kappa shape index (κ1) is 16.9. The molecule has 24 heavy (non-hydrogen) atoms. The summed E-state index contributed by atoms with van der Waals surface area (Å²) in [4.78, 5) is 0. The van der Waals surface area contributed by atoms with Crippen molar-refractivity contribution in [2.24, 2.45) is 11.0 Å². The molecule has 0 atom stereocenters. The third kappa shape index (κ3) is 4.32. The molecule has 1 fully saturated rings. The third-order valence-corrected chi connectivity index (χ3v) is 4.92. The number of nitrogens with zero attached hydrogens (tertiary/aromatic N) is 3. The minimum atomic E-state index is 0.540. The molecule has 1 heterocycles. The Balaban J connectivity index is 1.67. The Labute approximate surface area is 147 Å². The number of aryl methyl sites for hydroxylation is 1. The maximum atomic E-state index is 5.31. The van der Waals surface area contributed by atoms with Gasteiger partial charge in [-0.05, 0) is 54.4 Å². The van der Waals surface area contributed by atoms with Crippen molar-refractivity contribution in [3.8, 4) is 5.75 Å².